The van der Waals surface area contributed by atoms with Crippen molar-refractivity contribution in [2.45, 2.75) is 25.4 Å². The van der Waals surface area contributed by atoms with Crippen molar-refractivity contribution in [3.05, 3.63) is 53.6 Å². The number of aromatic nitrogens is 2. The molecule has 1 unspecified atom stereocenters. The van der Waals surface area contributed by atoms with E-state index >= 15 is 0 Å². The fourth-order valence-electron chi connectivity index (χ4n) is 2.50. The third-order valence-electron chi connectivity index (χ3n) is 3.42. The maximum absolute atomic E-state index is 5.80. The van der Waals surface area contributed by atoms with Gasteiger partial charge in [-0.05, 0) is 42.2 Å². The van der Waals surface area contributed by atoms with Crippen LogP contribution in [0.2, 0.25) is 0 Å². The van der Waals surface area contributed by atoms with E-state index in [1.54, 1.807) is 12.5 Å². The number of anilines is 1. The van der Waals surface area contributed by atoms with Crippen LogP contribution in [0.1, 0.15) is 29.3 Å². The molecule has 1 aromatic heterocycles. The zero-order valence-corrected chi connectivity index (χ0v) is 10.1. The molecule has 4 nitrogen and oxygen atoms in total. The second-order valence-corrected chi connectivity index (χ2v) is 4.63. The summed E-state index contributed by atoms with van der Waals surface area (Å²) in [6.07, 6.45) is 5.58. The molecule has 0 radical (unpaired) electrons. The lowest BCUT2D eigenvalue weighted by atomic mass is 10.1. The minimum atomic E-state index is 0.413. The van der Waals surface area contributed by atoms with Crippen LogP contribution in [0.5, 0.6) is 0 Å². The third kappa shape index (κ3) is 2.19. The Morgan fingerprint density at radius 3 is 3.11 bits per heavy atom. The van der Waals surface area contributed by atoms with Gasteiger partial charge in [-0.2, -0.15) is 0 Å². The minimum Gasteiger partial charge on any atom is -0.399 e. The van der Waals surface area contributed by atoms with Gasteiger partial charge >= 0.3 is 0 Å². The quantitative estimate of drug-likeness (QED) is 0.803. The van der Waals surface area contributed by atoms with Crippen molar-refractivity contribution < 1.29 is 0 Å². The Labute approximate surface area is 106 Å². The highest BCUT2D eigenvalue weighted by atomic mass is 14.9. The summed E-state index contributed by atoms with van der Waals surface area (Å²) in [7, 11) is 0. The molecule has 0 spiro atoms. The molecule has 3 rings (SSSR count). The molecule has 0 saturated heterocycles. The van der Waals surface area contributed by atoms with E-state index in [0.717, 1.165) is 30.8 Å². The summed E-state index contributed by atoms with van der Waals surface area (Å²) in [6.45, 7) is 0.775. The van der Waals surface area contributed by atoms with Gasteiger partial charge in [-0.3, -0.25) is 0 Å². The molecular formula is C14H16N4. The zero-order chi connectivity index (χ0) is 12.4. The Balaban J connectivity index is 1.70. The molecule has 0 amide bonds. The van der Waals surface area contributed by atoms with Gasteiger partial charge in [0.1, 0.15) is 6.33 Å². The van der Waals surface area contributed by atoms with Crippen molar-refractivity contribution in [1.29, 1.82) is 0 Å². The highest BCUT2D eigenvalue weighted by Crippen LogP contribution is 2.32. The predicted molar refractivity (Wildman–Crippen MR) is 70.8 cm³/mol. The lowest BCUT2D eigenvalue weighted by Gasteiger charge is -2.13. The van der Waals surface area contributed by atoms with E-state index < -0.39 is 0 Å². The van der Waals surface area contributed by atoms with E-state index in [9.17, 15) is 0 Å². The molecule has 0 saturated carbocycles. The molecule has 0 fully saturated rings. The van der Waals surface area contributed by atoms with Crippen molar-refractivity contribution in [3.8, 4) is 0 Å². The van der Waals surface area contributed by atoms with Gasteiger partial charge in [0.25, 0.3) is 0 Å². The Morgan fingerprint density at radius 2 is 2.28 bits per heavy atom. The number of nitrogens with zero attached hydrogens (tertiary/aromatic N) is 2. The monoisotopic (exact) mass is 240 g/mol. The second-order valence-electron chi connectivity index (χ2n) is 4.63. The zero-order valence-electron chi connectivity index (χ0n) is 10.1. The molecule has 1 atom stereocenters. The lowest BCUT2D eigenvalue weighted by Crippen LogP contribution is -2.19. The lowest BCUT2D eigenvalue weighted by molar-refractivity contribution is 0.525. The Hall–Kier alpha value is -1.94. The Bertz CT molecular complexity index is 539. The fourth-order valence-corrected chi connectivity index (χ4v) is 2.50. The summed E-state index contributed by atoms with van der Waals surface area (Å²) >= 11 is 0. The number of benzene rings is 1. The highest BCUT2D eigenvalue weighted by Gasteiger charge is 2.21. The average Bonchev–Trinajstić information content (AvgIpc) is 2.80. The normalized spacial score (nSPS) is 17.7. The van der Waals surface area contributed by atoms with Crippen molar-refractivity contribution in [2.75, 3.05) is 5.73 Å². The number of nitrogens with two attached hydrogens (primary N) is 1. The maximum atomic E-state index is 5.80. The van der Waals surface area contributed by atoms with Crippen molar-refractivity contribution in [3.63, 3.8) is 0 Å². The largest absolute Gasteiger partial charge is 0.399 e. The number of hydrogen-bond donors (Lipinski definition) is 2. The van der Waals surface area contributed by atoms with Crippen LogP contribution in [-0.2, 0) is 13.0 Å². The third-order valence-corrected chi connectivity index (χ3v) is 3.42. The first-order valence-corrected chi connectivity index (χ1v) is 6.19. The van der Waals surface area contributed by atoms with E-state index in [2.05, 4.69) is 27.4 Å². The smallest absolute Gasteiger partial charge is 0.115 e. The van der Waals surface area contributed by atoms with Gasteiger partial charge in [0, 0.05) is 24.5 Å². The van der Waals surface area contributed by atoms with Gasteiger partial charge in [-0.25, -0.2) is 9.97 Å². The number of fused-ring (bicyclic) bond motifs is 1. The van der Waals surface area contributed by atoms with Crippen LogP contribution in [-0.4, -0.2) is 9.97 Å². The molecule has 1 heterocycles. The average molecular weight is 240 g/mol. The van der Waals surface area contributed by atoms with Crippen molar-refractivity contribution in [1.82, 2.24) is 15.3 Å². The highest BCUT2D eigenvalue weighted by molar-refractivity contribution is 5.47. The molecule has 1 aliphatic carbocycles. The number of rotatable bonds is 3. The van der Waals surface area contributed by atoms with Crippen LogP contribution in [0.25, 0.3) is 0 Å². The van der Waals surface area contributed by atoms with Crippen LogP contribution in [0.15, 0.2) is 36.8 Å². The van der Waals surface area contributed by atoms with Crippen LogP contribution in [0, 0.1) is 0 Å². The van der Waals surface area contributed by atoms with E-state index in [1.165, 1.54) is 11.1 Å². The first kappa shape index (κ1) is 11.2. The van der Waals surface area contributed by atoms with Gasteiger partial charge in [-0.15, -0.1) is 0 Å². The molecule has 4 heteroatoms. The first-order valence-electron chi connectivity index (χ1n) is 6.19. The van der Waals surface area contributed by atoms with E-state index in [0.29, 0.717) is 6.04 Å². The maximum Gasteiger partial charge on any atom is 0.115 e. The number of nitrogens with one attached hydrogen (secondary N) is 1. The molecule has 3 N–H and O–H groups in total. The predicted octanol–water partition coefficient (Wildman–Crippen LogP) is 1.84. The molecule has 0 aliphatic heterocycles. The summed E-state index contributed by atoms with van der Waals surface area (Å²) in [5.41, 5.74) is 10.4. The van der Waals surface area contributed by atoms with Gasteiger partial charge in [-0.1, -0.05) is 6.07 Å². The summed E-state index contributed by atoms with van der Waals surface area (Å²) in [6, 6.07) is 8.54. The SMILES string of the molecule is Nc1ccc2c(c1)CCC2NCc1ccncn1. The van der Waals surface area contributed by atoms with Crippen LogP contribution in [0.4, 0.5) is 5.69 Å². The van der Waals surface area contributed by atoms with Gasteiger partial charge in [0.15, 0.2) is 0 Å². The molecule has 2 aromatic rings. The van der Waals surface area contributed by atoms with E-state index in [1.807, 2.05) is 12.1 Å². The van der Waals surface area contributed by atoms with Gasteiger partial charge in [0.2, 0.25) is 0 Å². The Morgan fingerprint density at radius 1 is 1.33 bits per heavy atom. The summed E-state index contributed by atoms with van der Waals surface area (Å²) in [4.78, 5) is 8.13. The number of hydrogen-bond acceptors (Lipinski definition) is 4. The summed E-state index contributed by atoms with van der Waals surface area (Å²) in [5, 5.41) is 3.54. The second kappa shape index (κ2) is 4.74. The summed E-state index contributed by atoms with van der Waals surface area (Å²) < 4.78 is 0. The summed E-state index contributed by atoms with van der Waals surface area (Å²) in [5.74, 6) is 0. The first-order chi connectivity index (χ1) is 8.83. The Kier molecular flexibility index (Phi) is 2.94. The van der Waals surface area contributed by atoms with Crippen molar-refractivity contribution in [2.24, 2.45) is 0 Å². The molecule has 1 aromatic carbocycles. The van der Waals surface area contributed by atoms with Crippen LogP contribution >= 0.6 is 0 Å². The standard InChI is InChI=1S/C14H16N4/c15-11-2-3-13-10(7-11)1-4-14(13)17-8-12-5-6-16-9-18-12/h2-3,5-7,9,14,17H,1,4,8,15H2. The minimum absolute atomic E-state index is 0.413. The van der Waals surface area contributed by atoms with Gasteiger partial charge in [0.05, 0.1) is 5.69 Å². The molecule has 92 valence electrons. The number of aryl methyl sites for hydroxylation is 1. The van der Waals surface area contributed by atoms with E-state index in [4.69, 9.17) is 5.73 Å². The van der Waals surface area contributed by atoms with Crippen LogP contribution < -0.4 is 11.1 Å². The van der Waals surface area contributed by atoms with E-state index in [-0.39, 0.29) is 0 Å². The number of nitrogen functional groups attached to an aromatic ring is 1. The molecule has 0 bridgehead atoms. The fraction of sp³-hybridized carbons (Fsp3) is 0.286. The van der Waals surface area contributed by atoms with Gasteiger partial charge < -0.3 is 11.1 Å². The van der Waals surface area contributed by atoms with Crippen LogP contribution in [0.3, 0.4) is 0 Å². The molecule has 1 aliphatic rings. The topological polar surface area (TPSA) is 63.8 Å². The van der Waals surface area contributed by atoms with Crippen molar-refractivity contribution >= 4 is 5.69 Å². The molecular weight excluding hydrogens is 224 g/mol. The molecule has 18 heavy (non-hydrogen) atoms.